The van der Waals surface area contributed by atoms with Gasteiger partial charge in [0.15, 0.2) is 0 Å². The number of aliphatic hydroxyl groups excluding tert-OH is 1. The summed E-state index contributed by atoms with van der Waals surface area (Å²) in [5.74, 6) is -1.11. The number of hydrogen-bond acceptors (Lipinski definition) is 3. The number of rotatable bonds is 5. The van der Waals surface area contributed by atoms with E-state index in [9.17, 15) is 14.7 Å². The molecule has 0 bridgehead atoms. The Balaban J connectivity index is 1.87. The van der Waals surface area contributed by atoms with Crippen LogP contribution in [-0.2, 0) is 4.79 Å². The second-order valence-corrected chi connectivity index (χ2v) is 7.19. The molecule has 2 rings (SSSR count). The highest BCUT2D eigenvalue weighted by Crippen LogP contribution is 2.32. The first-order chi connectivity index (χ1) is 11.8. The predicted molar refractivity (Wildman–Crippen MR) is 95.9 cm³/mol. The van der Waals surface area contributed by atoms with Crippen LogP contribution in [0, 0.1) is 5.92 Å². The van der Waals surface area contributed by atoms with E-state index < -0.39 is 24.1 Å². The van der Waals surface area contributed by atoms with Crippen molar-refractivity contribution in [1.29, 1.82) is 0 Å². The number of carbonyl (C=O) groups is 2. The first-order valence-corrected chi connectivity index (χ1v) is 8.97. The Labute approximate surface area is 156 Å². The zero-order valence-electron chi connectivity index (χ0n) is 13.8. The molecule has 0 saturated heterocycles. The van der Waals surface area contributed by atoms with Crippen LogP contribution in [0.25, 0.3) is 0 Å². The Morgan fingerprint density at radius 2 is 1.72 bits per heavy atom. The van der Waals surface area contributed by atoms with Crippen LogP contribution in [0.2, 0.25) is 10.0 Å². The van der Waals surface area contributed by atoms with Crippen LogP contribution < -0.4 is 10.6 Å². The minimum Gasteiger partial charge on any atom is -0.481 e. The molecule has 138 valence electrons. The smallest absolute Gasteiger partial charge is 0.315 e. The maximum absolute atomic E-state index is 12.1. The molecule has 0 radical (unpaired) electrons. The fraction of sp³-hybridized carbons (Fsp3) is 0.529. The molecule has 2 amide bonds. The van der Waals surface area contributed by atoms with Gasteiger partial charge in [-0.15, -0.1) is 0 Å². The third-order valence-corrected chi connectivity index (χ3v) is 5.20. The zero-order valence-corrected chi connectivity index (χ0v) is 15.3. The first kappa shape index (κ1) is 19.8. The molecular weight excluding hydrogens is 367 g/mol. The Morgan fingerprint density at radius 3 is 2.24 bits per heavy atom. The number of aliphatic hydroxyl groups is 1. The van der Waals surface area contributed by atoms with Crippen molar-refractivity contribution in [3.05, 3.63) is 33.8 Å². The Bertz CT molecular complexity index is 613. The standard InChI is InChI=1S/C17H22Cl2N2O4/c1-9(15(22)14-12(18)3-2-4-13(14)19)20-17(25)21-11-7-5-10(6-8-11)16(23)24/h2-4,9-11,15,22H,5-8H2,1H3,(H,23,24)(H2,20,21,25). The van der Waals surface area contributed by atoms with Gasteiger partial charge in [0.1, 0.15) is 6.10 Å². The molecule has 1 fully saturated rings. The number of halogens is 2. The number of hydrogen-bond donors (Lipinski definition) is 4. The van der Waals surface area contributed by atoms with Crippen LogP contribution in [0.5, 0.6) is 0 Å². The molecule has 0 heterocycles. The van der Waals surface area contributed by atoms with E-state index >= 15 is 0 Å². The van der Waals surface area contributed by atoms with E-state index in [-0.39, 0.29) is 12.0 Å². The van der Waals surface area contributed by atoms with Crippen LogP contribution in [0.1, 0.15) is 44.3 Å². The molecule has 1 aromatic rings. The summed E-state index contributed by atoms with van der Waals surface area (Å²) >= 11 is 12.2. The maximum Gasteiger partial charge on any atom is 0.315 e. The van der Waals surface area contributed by atoms with Gasteiger partial charge in [0, 0.05) is 21.7 Å². The second kappa shape index (κ2) is 8.74. The summed E-state index contributed by atoms with van der Waals surface area (Å²) in [6, 6.07) is 3.85. The van der Waals surface area contributed by atoms with Crippen molar-refractivity contribution < 1.29 is 19.8 Å². The third kappa shape index (κ3) is 5.23. The lowest BCUT2D eigenvalue weighted by Crippen LogP contribution is -2.48. The van der Waals surface area contributed by atoms with Crippen molar-refractivity contribution in [2.75, 3.05) is 0 Å². The minimum atomic E-state index is -1.05. The lowest BCUT2D eigenvalue weighted by Gasteiger charge is -2.28. The number of urea groups is 1. The summed E-state index contributed by atoms with van der Waals surface area (Å²) in [6.07, 6.45) is 1.30. The molecule has 1 aliphatic rings. The van der Waals surface area contributed by atoms with Gasteiger partial charge < -0.3 is 20.8 Å². The van der Waals surface area contributed by atoms with E-state index in [0.29, 0.717) is 41.3 Å². The fourth-order valence-corrected chi connectivity index (χ4v) is 3.66. The molecule has 2 unspecified atom stereocenters. The van der Waals surface area contributed by atoms with Crippen LogP contribution >= 0.6 is 23.2 Å². The quantitative estimate of drug-likeness (QED) is 0.621. The SMILES string of the molecule is CC(NC(=O)NC1CCC(C(=O)O)CC1)C(O)c1c(Cl)cccc1Cl. The highest BCUT2D eigenvalue weighted by atomic mass is 35.5. The molecule has 1 aromatic carbocycles. The Hall–Kier alpha value is -1.50. The van der Waals surface area contributed by atoms with Gasteiger partial charge in [0.2, 0.25) is 0 Å². The molecule has 2 atom stereocenters. The van der Waals surface area contributed by atoms with E-state index in [4.69, 9.17) is 28.3 Å². The minimum absolute atomic E-state index is 0.0659. The summed E-state index contributed by atoms with van der Waals surface area (Å²) in [4.78, 5) is 23.1. The third-order valence-electron chi connectivity index (χ3n) is 4.54. The first-order valence-electron chi connectivity index (χ1n) is 8.21. The Kier molecular flexibility index (Phi) is 6.93. The number of aliphatic carboxylic acids is 1. The number of nitrogens with one attached hydrogen (secondary N) is 2. The van der Waals surface area contributed by atoms with Crippen molar-refractivity contribution in [3.8, 4) is 0 Å². The number of amides is 2. The van der Waals surface area contributed by atoms with Crippen molar-refractivity contribution in [2.24, 2.45) is 5.92 Å². The van der Waals surface area contributed by atoms with Crippen LogP contribution in [0.4, 0.5) is 4.79 Å². The monoisotopic (exact) mass is 388 g/mol. The van der Waals surface area contributed by atoms with E-state index in [1.807, 2.05) is 0 Å². The lowest BCUT2D eigenvalue weighted by molar-refractivity contribution is -0.142. The predicted octanol–water partition coefficient (Wildman–Crippen LogP) is 3.36. The average molecular weight is 389 g/mol. The molecule has 6 nitrogen and oxygen atoms in total. The highest BCUT2D eigenvalue weighted by molar-refractivity contribution is 6.36. The summed E-state index contributed by atoms with van der Waals surface area (Å²) < 4.78 is 0. The fourth-order valence-electron chi connectivity index (χ4n) is 3.04. The van der Waals surface area contributed by atoms with Crippen molar-refractivity contribution in [1.82, 2.24) is 10.6 Å². The molecule has 4 N–H and O–H groups in total. The molecule has 8 heteroatoms. The van der Waals surface area contributed by atoms with Crippen LogP contribution in [-0.4, -0.2) is 34.3 Å². The van der Waals surface area contributed by atoms with Gasteiger partial charge in [-0.2, -0.15) is 0 Å². The van der Waals surface area contributed by atoms with Gasteiger partial charge in [-0.3, -0.25) is 4.79 Å². The summed E-state index contributed by atoms with van der Waals surface area (Å²) in [6.45, 7) is 1.66. The van der Waals surface area contributed by atoms with E-state index in [2.05, 4.69) is 10.6 Å². The van der Waals surface area contributed by atoms with E-state index in [1.165, 1.54) is 0 Å². The summed E-state index contributed by atoms with van der Waals surface area (Å²) in [5.41, 5.74) is 0.376. The van der Waals surface area contributed by atoms with E-state index in [1.54, 1.807) is 25.1 Å². The second-order valence-electron chi connectivity index (χ2n) is 6.37. The summed E-state index contributed by atoms with van der Waals surface area (Å²) in [5, 5.41) is 25.6. The molecule has 1 saturated carbocycles. The van der Waals surface area contributed by atoms with E-state index in [0.717, 1.165) is 0 Å². The lowest BCUT2D eigenvalue weighted by atomic mass is 9.86. The van der Waals surface area contributed by atoms with Gasteiger partial charge in [0.25, 0.3) is 0 Å². The number of carbonyl (C=O) groups excluding carboxylic acids is 1. The maximum atomic E-state index is 12.1. The van der Waals surface area contributed by atoms with Crippen molar-refractivity contribution >= 4 is 35.2 Å². The largest absolute Gasteiger partial charge is 0.481 e. The van der Waals surface area contributed by atoms with Crippen LogP contribution in [0.3, 0.4) is 0 Å². The van der Waals surface area contributed by atoms with Gasteiger partial charge >= 0.3 is 12.0 Å². The normalized spacial score (nSPS) is 22.7. The molecule has 0 spiro atoms. The molecule has 25 heavy (non-hydrogen) atoms. The van der Waals surface area contributed by atoms with Gasteiger partial charge in [-0.1, -0.05) is 29.3 Å². The van der Waals surface area contributed by atoms with Gasteiger partial charge in [-0.05, 0) is 44.7 Å². The number of benzene rings is 1. The topological polar surface area (TPSA) is 98.7 Å². The van der Waals surface area contributed by atoms with Crippen molar-refractivity contribution in [3.63, 3.8) is 0 Å². The molecular formula is C17H22Cl2N2O4. The number of carboxylic acid groups (broad SMARTS) is 1. The molecule has 0 aromatic heterocycles. The van der Waals surface area contributed by atoms with Gasteiger partial charge in [-0.25, -0.2) is 4.79 Å². The van der Waals surface area contributed by atoms with Crippen LogP contribution in [0.15, 0.2) is 18.2 Å². The number of carboxylic acids is 1. The highest BCUT2D eigenvalue weighted by Gasteiger charge is 2.28. The average Bonchev–Trinajstić information content (AvgIpc) is 2.54. The summed E-state index contributed by atoms with van der Waals surface area (Å²) in [7, 11) is 0. The Morgan fingerprint density at radius 1 is 1.16 bits per heavy atom. The zero-order chi connectivity index (χ0) is 18.6. The van der Waals surface area contributed by atoms with Crippen molar-refractivity contribution in [2.45, 2.75) is 50.8 Å². The van der Waals surface area contributed by atoms with Gasteiger partial charge in [0.05, 0.1) is 12.0 Å². The molecule has 1 aliphatic carbocycles. The molecule has 0 aliphatic heterocycles.